The minimum absolute atomic E-state index is 0.0854. The highest BCUT2D eigenvalue weighted by Crippen LogP contribution is 2.19. The van der Waals surface area contributed by atoms with E-state index in [4.69, 9.17) is 9.26 Å². The van der Waals surface area contributed by atoms with E-state index < -0.39 is 17.5 Å². The first-order valence-corrected chi connectivity index (χ1v) is 8.67. The van der Waals surface area contributed by atoms with Gasteiger partial charge in [-0.05, 0) is 38.1 Å². The van der Waals surface area contributed by atoms with Crippen LogP contribution in [0.3, 0.4) is 0 Å². The molecule has 2 heterocycles. The van der Waals surface area contributed by atoms with Crippen LogP contribution in [-0.4, -0.2) is 22.1 Å². The van der Waals surface area contributed by atoms with E-state index in [9.17, 15) is 13.6 Å². The van der Waals surface area contributed by atoms with Gasteiger partial charge < -0.3 is 14.6 Å². The van der Waals surface area contributed by atoms with Crippen LogP contribution in [0.2, 0.25) is 0 Å². The largest absolute Gasteiger partial charge is 0.482 e. The predicted octanol–water partition coefficient (Wildman–Crippen LogP) is 3.60. The normalized spacial score (nSPS) is 11.9. The Hall–Kier alpha value is -3.29. The van der Waals surface area contributed by atoms with Gasteiger partial charge in [-0.15, -0.1) is 0 Å². The number of benzene rings is 1. The first kappa shape index (κ1) is 19.5. The van der Waals surface area contributed by atoms with Crippen molar-refractivity contribution in [2.75, 3.05) is 0 Å². The molecule has 0 aliphatic rings. The number of carbonyl (C=O) groups is 1. The molecule has 1 atom stereocenters. The number of rotatable bonds is 7. The molecule has 0 aliphatic carbocycles. The second-order valence-electron chi connectivity index (χ2n) is 6.39. The van der Waals surface area contributed by atoms with Gasteiger partial charge in [-0.2, -0.15) is 0 Å². The molecule has 0 spiro atoms. The molecule has 2 aromatic heterocycles. The summed E-state index contributed by atoms with van der Waals surface area (Å²) >= 11 is 0. The Bertz CT molecular complexity index is 975. The lowest BCUT2D eigenvalue weighted by molar-refractivity contribution is 0.0930. The molecular weight excluding hydrogens is 368 g/mol. The SMILES string of the molecule is Cc1cccc(C[C@@H](C)NC(=O)c2cc(COc3ccc(F)cc3F)on2)n1. The van der Waals surface area contributed by atoms with Crippen LogP contribution < -0.4 is 10.1 Å². The number of ether oxygens (including phenoxy) is 1. The zero-order chi connectivity index (χ0) is 20.1. The van der Waals surface area contributed by atoms with Crippen LogP contribution >= 0.6 is 0 Å². The average Bonchev–Trinajstić information content (AvgIpc) is 3.10. The molecule has 0 saturated heterocycles. The smallest absolute Gasteiger partial charge is 0.273 e. The van der Waals surface area contributed by atoms with Gasteiger partial charge in [0, 0.05) is 36.0 Å². The van der Waals surface area contributed by atoms with E-state index in [1.807, 2.05) is 32.0 Å². The number of hydrogen-bond acceptors (Lipinski definition) is 5. The van der Waals surface area contributed by atoms with Gasteiger partial charge in [0.25, 0.3) is 5.91 Å². The summed E-state index contributed by atoms with van der Waals surface area (Å²) in [7, 11) is 0. The van der Waals surface area contributed by atoms with Crippen LogP contribution in [0.1, 0.15) is 34.6 Å². The van der Waals surface area contributed by atoms with Crippen molar-refractivity contribution in [2.24, 2.45) is 0 Å². The van der Waals surface area contributed by atoms with E-state index in [1.54, 1.807) is 0 Å². The maximum atomic E-state index is 13.6. The third-order valence-corrected chi connectivity index (χ3v) is 3.89. The molecular formula is C20H19F2N3O3. The van der Waals surface area contributed by atoms with Crippen LogP contribution in [0.4, 0.5) is 8.78 Å². The Morgan fingerprint density at radius 1 is 1.25 bits per heavy atom. The van der Waals surface area contributed by atoms with E-state index in [2.05, 4.69) is 15.5 Å². The van der Waals surface area contributed by atoms with Crippen LogP contribution in [-0.2, 0) is 13.0 Å². The summed E-state index contributed by atoms with van der Waals surface area (Å²) in [5, 5.41) is 6.53. The molecule has 3 aromatic rings. The molecule has 0 saturated carbocycles. The fourth-order valence-electron chi connectivity index (χ4n) is 2.60. The van der Waals surface area contributed by atoms with E-state index in [0.717, 1.165) is 23.5 Å². The van der Waals surface area contributed by atoms with Gasteiger partial charge in [0.05, 0.1) is 0 Å². The van der Waals surface area contributed by atoms with Crippen LogP contribution in [0, 0.1) is 18.6 Å². The monoisotopic (exact) mass is 387 g/mol. The van der Waals surface area contributed by atoms with E-state index in [-0.39, 0.29) is 29.9 Å². The number of aromatic nitrogens is 2. The minimum atomic E-state index is -0.823. The van der Waals surface area contributed by atoms with Crippen molar-refractivity contribution in [1.82, 2.24) is 15.5 Å². The first-order chi connectivity index (χ1) is 13.4. The second-order valence-corrected chi connectivity index (χ2v) is 6.39. The predicted molar refractivity (Wildman–Crippen MR) is 96.8 cm³/mol. The summed E-state index contributed by atoms with van der Waals surface area (Å²) < 4.78 is 36.7. The molecule has 0 aliphatic heterocycles. The Morgan fingerprint density at radius 2 is 2.07 bits per heavy atom. The highest BCUT2D eigenvalue weighted by Gasteiger charge is 2.16. The lowest BCUT2D eigenvalue weighted by Gasteiger charge is -2.12. The molecule has 146 valence electrons. The molecule has 0 unspecified atom stereocenters. The highest BCUT2D eigenvalue weighted by atomic mass is 19.1. The standard InChI is InChI=1S/C20H19F2N3O3/c1-12-4-3-5-15(23-12)8-13(2)24-20(26)18-10-16(28-25-18)11-27-19-7-6-14(21)9-17(19)22/h3-7,9-10,13H,8,11H2,1-2H3,(H,24,26)/t13-/m1/s1. The van der Waals surface area contributed by atoms with Gasteiger partial charge in [-0.3, -0.25) is 9.78 Å². The van der Waals surface area contributed by atoms with Crippen molar-refractivity contribution in [2.45, 2.75) is 32.9 Å². The summed E-state index contributed by atoms with van der Waals surface area (Å²) in [5.41, 5.74) is 1.88. The number of hydrogen-bond donors (Lipinski definition) is 1. The summed E-state index contributed by atoms with van der Waals surface area (Å²) in [5.74, 6) is -1.80. The third-order valence-electron chi connectivity index (χ3n) is 3.89. The van der Waals surface area contributed by atoms with Gasteiger partial charge in [0.15, 0.2) is 23.0 Å². The molecule has 0 bridgehead atoms. The third kappa shape index (κ3) is 5.12. The van der Waals surface area contributed by atoms with Crippen molar-refractivity contribution in [1.29, 1.82) is 0 Å². The number of carbonyl (C=O) groups excluding carboxylic acids is 1. The molecule has 0 fully saturated rings. The maximum Gasteiger partial charge on any atom is 0.273 e. The number of aryl methyl sites for hydroxylation is 1. The fraction of sp³-hybridized carbons (Fsp3) is 0.250. The molecule has 8 heteroatoms. The molecule has 1 amide bonds. The van der Waals surface area contributed by atoms with Crippen molar-refractivity contribution in [3.63, 3.8) is 0 Å². The maximum absolute atomic E-state index is 13.6. The number of halogens is 2. The average molecular weight is 387 g/mol. The Kier molecular flexibility index (Phi) is 5.98. The minimum Gasteiger partial charge on any atom is -0.482 e. The molecule has 3 rings (SSSR count). The summed E-state index contributed by atoms with van der Waals surface area (Å²) in [4.78, 5) is 16.7. The Morgan fingerprint density at radius 3 is 2.82 bits per heavy atom. The van der Waals surface area contributed by atoms with Gasteiger partial charge in [0.1, 0.15) is 12.4 Å². The van der Waals surface area contributed by atoms with Crippen LogP contribution in [0.5, 0.6) is 5.75 Å². The quantitative estimate of drug-likeness (QED) is 0.670. The van der Waals surface area contributed by atoms with Gasteiger partial charge >= 0.3 is 0 Å². The van der Waals surface area contributed by atoms with Crippen LogP contribution in [0.25, 0.3) is 0 Å². The zero-order valence-electron chi connectivity index (χ0n) is 15.4. The number of pyridine rings is 1. The lowest BCUT2D eigenvalue weighted by atomic mass is 10.1. The van der Waals surface area contributed by atoms with Crippen LogP contribution in [0.15, 0.2) is 47.0 Å². The van der Waals surface area contributed by atoms with Crippen molar-refractivity contribution < 1.29 is 22.8 Å². The Balaban J connectivity index is 1.54. The molecule has 1 aromatic carbocycles. The van der Waals surface area contributed by atoms with E-state index >= 15 is 0 Å². The fourth-order valence-corrected chi connectivity index (χ4v) is 2.60. The van der Waals surface area contributed by atoms with Crippen molar-refractivity contribution in [3.8, 4) is 5.75 Å². The number of nitrogens with one attached hydrogen (secondary N) is 1. The topological polar surface area (TPSA) is 77.2 Å². The van der Waals surface area contributed by atoms with Gasteiger partial charge in [-0.1, -0.05) is 11.2 Å². The van der Waals surface area contributed by atoms with Gasteiger partial charge in [-0.25, -0.2) is 8.78 Å². The zero-order valence-corrected chi connectivity index (χ0v) is 15.4. The van der Waals surface area contributed by atoms with Crippen molar-refractivity contribution >= 4 is 5.91 Å². The van der Waals surface area contributed by atoms with Crippen molar-refractivity contribution in [3.05, 3.63) is 76.9 Å². The van der Waals surface area contributed by atoms with E-state index in [1.165, 1.54) is 12.1 Å². The highest BCUT2D eigenvalue weighted by molar-refractivity contribution is 5.92. The number of amides is 1. The Labute approximate surface area is 160 Å². The summed E-state index contributed by atoms with van der Waals surface area (Å²) in [6.07, 6.45) is 0.574. The number of nitrogens with zero attached hydrogens (tertiary/aromatic N) is 2. The molecule has 1 N–H and O–H groups in total. The molecule has 6 nitrogen and oxygen atoms in total. The summed E-state index contributed by atoms with van der Waals surface area (Å²) in [6.45, 7) is 3.62. The molecule has 28 heavy (non-hydrogen) atoms. The molecule has 0 radical (unpaired) electrons. The second kappa shape index (κ2) is 8.60. The summed E-state index contributed by atoms with van der Waals surface area (Å²) in [6, 6.07) is 9.96. The van der Waals surface area contributed by atoms with E-state index in [0.29, 0.717) is 6.42 Å². The lowest BCUT2D eigenvalue weighted by Crippen LogP contribution is -2.34. The van der Waals surface area contributed by atoms with Gasteiger partial charge in [0.2, 0.25) is 0 Å². The first-order valence-electron chi connectivity index (χ1n) is 8.67.